The second-order valence-electron chi connectivity index (χ2n) is 10.3. The molecule has 0 unspecified atom stereocenters. The van der Waals surface area contributed by atoms with Gasteiger partial charge in [-0.05, 0) is 61.8 Å². The lowest BCUT2D eigenvalue weighted by Crippen LogP contribution is -2.63. The van der Waals surface area contributed by atoms with Crippen LogP contribution in [0.25, 0.3) is 0 Å². The predicted octanol–water partition coefficient (Wildman–Crippen LogP) is 3.93. The molecule has 4 saturated carbocycles. The molecule has 1 aromatic carbocycles. The summed E-state index contributed by atoms with van der Waals surface area (Å²) in [5, 5.41) is 4.50. The average Bonchev–Trinajstić information content (AvgIpc) is 3.22. The lowest BCUT2D eigenvalue weighted by Gasteiger charge is -2.57. The third-order valence-corrected chi connectivity index (χ3v) is 8.72. The van der Waals surface area contributed by atoms with E-state index in [4.69, 9.17) is 4.98 Å². The summed E-state index contributed by atoms with van der Waals surface area (Å²) in [6.07, 6.45) is 8.61. The third-order valence-electron chi connectivity index (χ3n) is 7.91. The smallest absolute Gasteiger partial charge is 0.317 e. The molecule has 1 N–H and O–H groups in total. The first-order chi connectivity index (χ1) is 15.1. The van der Waals surface area contributed by atoms with Gasteiger partial charge in [-0.15, -0.1) is 0 Å². The Balaban J connectivity index is 1.04. The van der Waals surface area contributed by atoms with Crippen molar-refractivity contribution in [1.82, 2.24) is 19.6 Å². The molecule has 7 heteroatoms. The lowest BCUT2D eigenvalue weighted by atomic mass is 9.53. The van der Waals surface area contributed by atoms with E-state index in [9.17, 15) is 4.79 Å². The highest BCUT2D eigenvalue weighted by atomic mass is 32.1. The van der Waals surface area contributed by atoms with E-state index >= 15 is 0 Å². The molecular weight excluding hydrogens is 406 g/mol. The van der Waals surface area contributed by atoms with Crippen LogP contribution in [0.2, 0.25) is 0 Å². The van der Waals surface area contributed by atoms with Crippen molar-refractivity contribution in [2.75, 3.05) is 31.1 Å². The van der Waals surface area contributed by atoms with Crippen molar-refractivity contribution >= 4 is 22.7 Å². The number of benzene rings is 1. The van der Waals surface area contributed by atoms with Gasteiger partial charge in [-0.3, -0.25) is 0 Å². The Hall–Kier alpha value is -2.15. The quantitative estimate of drug-likeness (QED) is 0.787. The minimum atomic E-state index is 0.0918. The summed E-state index contributed by atoms with van der Waals surface area (Å²) >= 11 is 1.48. The second kappa shape index (κ2) is 7.76. The molecule has 4 bridgehead atoms. The number of rotatable bonds is 4. The van der Waals surface area contributed by atoms with E-state index in [0.717, 1.165) is 61.3 Å². The first-order valence-electron chi connectivity index (χ1n) is 11.8. The van der Waals surface area contributed by atoms with Crippen LogP contribution in [0.4, 0.5) is 9.93 Å². The van der Waals surface area contributed by atoms with Crippen LogP contribution in [-0.2, 0) is 6.42 Å². The Labute approximate surface area is 188 Å². The molecule has 164 valence electrons. The van der Waals surface area contributed by atoms with E-state index in [1.807, 2.05) is 11.0 Å². The Bertz CT molecular complexity index is 901. The zero-order valence-corrected chi connectivity index (χ0v) is 18.8. The molecule has 7 rings (SSSR count). The number of hydrogen-bond donors (Lipinski definition) is 1. The molecule has 2 aromatic rings. The Morgan fingerprint density at radius 3 is 2.29 bits per heavy atom. The summed E-state index contributed by atoms with van der Waals surface area (Å²) in [5.41, 5.74) is 1.33. The molecule has 0 atom stereocenters. The Kier molecular flexibility index (Phi) is 4.89. The van der Waals surface area contributed by atoms with Gasteiger partial charge in [0, 0.05) is 49.7 Å². The van der Waals surface area contributed by atoms with Gasteiger partial charge in [-0.1, -0.05) is 30.3 Å². The van der Waals surface area contributed by atoms with Gasteiger partial charge in [-0.25, -0.2) is 9.78 Å². The molecule has 2 amide bonds. The van der Waals surface area contributed by atoms with Crippen molar-refractivity contribution in [3.05, 3.63) is 41.7 Å². The predicted molar refractivity (Wildman–Crippen MR) is 122 cm³/mol. The van der Waals surface area contributed by atoms with E-state index in [2.05, 4.69) is 38.9 Å². The highest BCUT2D eigenvalue weighted by molar-refractivity contribution is 7.09. The molecule has 0 spiro atoms. The fourth-order valence-corrected chi connectivity index (χ4v) is 7.63. The van der Waals surface area contributed by atoms with Gasteiger partial charge in [0.2, 0.25) is 5.13 Å². The van der Waals surface area contributed by atoms with Crippen molar-refractivity contribution in [1.29, 1.82) is 0 Å². The standard InChI is InChI=1S/C24H31N5OS/c30-22(26-24-14-18-10-19(15-24)12-20(11-18)16-24)28-6-8-29(9-7-28)23-25-21(27-31-23)13-17-4-2-1-3-5-17/h1-5,18-20H,6-16H2,(H,26,30). The summed E-state index contributed by atoms with van der Waals surface area (Å²) in [4.78, 5) is 22.2. The molecule has 5 fully saturated rings. The molecule has 2 heterocycles. The van der Waals surface area contributed by atoms with Crippen LogP contribution in [0.3, 0.4) is 0 Å². The van der Waals surface area contributed by atoms with Crippen LogP contribution in [0.5, 0.6) is 0 Å². The van der Waals surface area contributed by atoms with Crippen molar-refractivity contribution in [3.8, 4) is 0 Å². The summed E-state index contributed by atoms with van der Waals surface area (Å²) in [5.74, 6) is 3.44. The number of carbonyl (C=O) groups is 1. The van der Waals surface area contributed by atoms with Gasteiger partial charge in [0.25, 0.3) is 0 Å². The first kappa shape index (κ1) is 19.5. The molecule has 1 saturated heterocycles. The van der Waals surface area contributed by atoms with Crippen molar-refractivity contribution < 1.29 is 4.79 Å². The van der Waals surface area contributed by atoms with E-state index in [-0.39, 0.29) is 11.6 Å². The topological polar surface area (TPSA) is 61.4 Å². The van der Waals surface area contributed by atoms with E-state index in [0.29, 0.717) is 0 Å². The Morgan fingerprint density at radius 1 is 1.00 bits per heavy atom. The summed E-state index contributed by atoms with van der Waals surface area (Å²) in [6.45, 7) is 3.17. The van der Waals surface area contributed by atoms with Crippen molar-refractivity contribution in [2.24, 2.45) is 17.8 Å². The monoisotopic (exact) mass is 437 g/mol. The number of carbonyl (C=O) groups excluding carboxylic acids is 1. The van der Waals surface area contributed by atoms with E-state index in [1.54, 1.807) is 0 Å². The highest BCUT2D eigenvalue weighted by Crippen LogP contribution is 2.55. The molecule has 1 aromatic heterocycles. The van der Waals surface area contributed by atoms with Gasteiger partial charge < -0.3 is 15.1 Å². The lowest BCUT2D eigenvalue weighted by molar-refractivity contribution is -0.0157. The van der Waals surface area contributed by atoms with Gasteiger partial charge >= 0.3 is 6.03 Å². The number of amides is 2. The zero-order valence-electron chi connectivity index (χ0n) is 18.0. The minimum Gasteiger partial charge on any atom is -0.343 e. The van der Waals surface area contributed by atoms with E-state index in [1.165, 1.54) is 55.6 Å². The fraction of sp³-hybridized carbons (Fsp3) is 0.625. The maximum Gasteiger partial charge on any atom is 0.317 e. The average molecular weight is 438 g/mol. The van der Waals surface area contributed by atoms with Crippen molar-refractivity contribution in [3.63, 3.8) is 0 Å². The molecule has 1 aliphatic heterocycles. The number of nitrogens with one attached hydrogen (secondary N) is 1. The number of nitrogens with zero attached hydrogens (tertiary/aromatic N) is 4. The maximum atomic E-state index is 13.1. The van der Waals surface area contributed by atoms with Gasteiger partial charge in [0.15, 0.2) is 0 Å². The Morgan fingerprint density at radius 2 is 1.65 bits per heavy atom. The minimum absolute atomic E-state index is 0.0918. The molecule has 6 nitrogen and oxygen atoms in total. The van der Waals surface area contributed by atoms with Crippen LogP contribution in [0.1, 0.15) is 49.9 Å². The number of aromatic nitrogens is 2. The molecule has 4 aliphatic carbocycles. The van der Waals surface area contributed by atoms with Gasteiger partial charge in [0.05, 0.1) is 0 Å². The number of urea groups is 1. The van der Waals surface area contributed by atoms with Crippen LogP contribution in [0.15, 0.2) is 30.3 Å². The van der Waals surface area contributed by atoms with Crippen LogP contribution in [-0.4, -0.2) is 52.0 Å². The molecule has 31 heavy (non-hydrogen) atoms. The zero-order chi connectivity index (χ0) is 20.8. The number of piperazine rings is 1. The largest absolute Gasteiger partial charge is 0.343 e. The summed E-state index contributed by atoms with van der Waals surface area (Å²) < 4.78 is 4.56. The molecule has 0 radical (unpaired) electrons. The normalized spacial score (nSPS) is 31.8. The van der Waals surface area contributed by atoms with E-state index < -0.39 is 0 Å². The van der Waals surface area contributed by atoms with Crippen LogP contribution >= 0.6 is 11.5 Å². The molecular formula is C24H31N5OS. The highest BCUT2D eigenvalue weighted by Gasteiger charge is 2.51. The summed E-state index contributed by atoms with van der Waals surface area (Å²) in [7, 11) is 0. The van der Waals surface area contributed by atoms with Gasteiger partial charge in [0.1, 0.15) is 5.82 Å². The number of anilines is 1. The second-order valence-corrected chi connectivity index (χ2v) is 11.0. The van der Waals surface area contributed by atoms with Crippen molar-refractivity contribution in [2.45, 2.75) is 50.5 Å². The SMILES string of the molecule is O=C(NC12CC3CC(CC(C3)C1)C2)N1CCN(c2nc(Cc3ccccc3)ns2)CC1. The van der Waals surface area contributed by atoms with Crippen LogP contribution in [0, 0.1) is 17.8 Å². The first-order valence-corrected chi connectivity index (χ1v) is 12.6. The van der Waals surface area contributed by atoms with Gasteiger partial charge in [-0.2, -0.15) is 4.37 Å². The fourth-order valence-electron chi connectivity index (χ4n) is 6.89. The van der Waals surface area contributed by atoms with Crippen LogP contribution < -0.4 is 10.2 Å². The third kappa shape index (κ3) is 3.93. The summed E-state index contributed by atoms with van der Waals surface area (Å²) in [6, 6.07) is 10.5. The maximum absolute atomic E-state index is 13.1. The molecule has 5 aliphatic rings. The number of hydrogen-bond acceptors (Lipinski definition) is 5.